The van der Waals surface area contributed by atoms with Crippen molar-refractivity contribution in [1.82, 2.24) is 5.32 Å². The molecule has 3 atom stereocenters. The lowest BCUT2D eigenvalue weighted by Crippen LogP contribution is -2.46. The predicted octanol–water partition coefficient (Wildman–Crippen LogP) is 3.08. The van der Waals surface area contributed by atoms with Crippen molar-refractivity contribution in [2.45, 2.75) is 38.9 Å². The Morgan fingerprint density at radius 1 is 1.20 bits per heavy atom. The number of nitrogens with zero attached hydrogens (tertiary/aromatic N) is 1. The van der Waals surface area contributed by atoms with Gasteiger partial charge in [-0.3, -0.25) is 4.79 Å². The second-order valence-electron chi connectivity index (χ2n) is 6.71. The van der Waals surface area contributed by atoms with E-state index in [0.29, 0.717) is 0 Å². The number of ether oxygens (including phenoxy) is 1. The smallest absolute Gasteiger partial charge is 0.228 e. The maximum absolute atomic E-state index is 12.5. The largest absolute Gasteiger partial charge is 0.372 e. The van der Waals surface area contributed by atoms with Gasteiger partial charge in [-0.1, -0.05) is 12.1 Å². The molecule has 0 bridgehead atoms. The molecule has 1 aromatic carbocycles. The van der Waals surface area contributed by atoms with Crippen molar-refractivity contribution < 1.29 is 9.53 Å². The molecule has 2 aliphatic heterocycles. The minimum Gasteiger partial charge on any atom is -0.372 e. The van der Waals surface area contributed by atoms with Gasteiger partial charge in [0.1, 0.15) is 0 Å². The highest BCUT2D eigenvalue weighted by atomic mass is 35.5. The first-order valence-electron chi connectivity index (χ1n) is 8.64. The maximum Gasteiger partial charge on any atom is 0.228 e. The number of benzene rings is 1. The summed E-state index contributed by atoms with van der Waals surface area (Å²) in [6.45, 7) is 7.68. The lowest BCUT2D eigenvalue weighted by molar-refractivity contribution is -0.120. The predicted molar refractivity (Wildman–Crippen MR) is 107 cm³/mol. The Labute approximate surface area is 162 Å². The van der Waals surface area contributed by atoms with Crippen LogP contribution in [-0.2, 0) is 9.53 Å². The highest BCUT2D eigenvalue weighted by molar-refractivity contribution is 5.96. The molecule has 0 radical (unpaired) electrons. The van der Waals surface area contributed by atoms with Gasteiger partial charge in [0.15, 0.2) is 0 Å². The van der Waals surface area contributed by atoms with Crippen LogP contribution >= 0.6 is 24.8 Å². The van der Waals surface area contributed by atoms with Gasteiger partial charge in [0.05, 0.1) is 29.5 Å². The second kappa shape index (κ2) is 10.2. The van der Waals surface area contributed by atoms with Gasteiger partial charge >= 0.3 is 0 Å². The summed E-state index contributed by atoms with van der Waals surface area (Å²) in [4.78, 5) is 14.8. The molecule has 5 nitrogen and oxygen atoms in total. The van der Waals surface area contributed by atoms with E-state index in [1.54, 1.807) is 0 Å². The molecule has 2 aliphatic rings. The van der Waals surface area contributed by atoms with Crippen molar-refractivity contribution in [3.05, 3.63) is 24.3 Å². The molecule has 2 fully saturated rings. The zero-order valence-corrected chi connectivity index (χ0v) is 16.5. The van der Waals surface area contributed by atoms with Gasteiger partial charge in [0.2, 0.25) is 5.91 Å². The number of carbonyl (C=O) groups is 1. The first kappa shape index (κ1) is 22.0. The minimum atomic E-state index is 0. The summed E-state index contributed by atoms with van der Waals surface area (Å²) >= 11 is 0. The maximum atomic E-state index is 12.5. The molecular weight excluding hydrogens is 361 g/mol. The Morgan fingerprint density at radius 2 is 1.88 bits per heavy atom. The van der Waals surface area contributed by atoms with Gasteiger partial charge in [0.25, 0.3) is 0 Å². The number of rotatable bonds is 3. The summed E-state index contributed by atoms with van der Waals surface area (Å²) in [6, 6.07) is 8.08. The third-order valence-electron chi connectivity index (χ3n) is 4.59. The highest BCUT2D eigenvalue weighted by Crippen LogP contribution is 2.29. The molecule has 25 heavy (non-hydrogen) atoms. The molecule has 3 rings (SSSR count). The van der Waals surface area contributed by atoms with Crippen LogP contribution in [0.15, 0.2) is 24.3 Å². The van der Waals surface area contributed by atoms with E-state index < -0.39 is 0 Å². The SMILES string of the molecule is CC1CN(c2ccccc2NC(=O)C2CCCNC2)CC(C)O1.Cl.Cl. The standard InChI is InChI=1S/C18H27N3O2.2ClH/c1-13-11-21(12-14(2)23-13)17-8-4-3-7-16(17)20-18(22)15-6-5-9-19-10-15;;/h3-4,7-8,13-15,19H,5-6,9-12H2,1-2H3,(H,20,22);2*1H. The van der Waals surface area contributed by atoms with Crippen LogP contribution in [0.4, 0.5) is 11.4 Å². The number of hydrogen-bond donors (Lipinski definition) is 2. The van der Waals surface area contributed by atoms with Crippen LogP contribution < -0.4 is 15.5 Å². The Bertz CT molecular complexity index is 543. The van der Waals surface area contributed by atoms with Crippen LogP contribution in [0.1, 0.15) is 26.7 Å². The number of amides is 1. The molecule has 2 N–H and O–H groups in total. The lowest BCUT2D eigenvalue weighted by atomic mass is 9.98. The number of carbonyl (C=O) groups excluding carboxylic acids is 1. The van der Waals surface area contributed by atoms with Crippen LogP contribution in [0.25, 0.3) is 0 Å². The fourth-order valence-corrected chi connectivity index (χ4v) is 3.54. The molecule has 2 saturated heterocycles. The van der Waals surface area contributed by atoms with Gasteiger partial charge < -0.3 is 20.3 Å². The van der Waals surface area contributed by atoms with Crippen LogP contribution in [0.2, 0.25) is 0 Å². The Balaban J connectivity index is 0.00000156. The zero-order chi connectivity index (χ0) is 16.2. The minimum absolute atomic E-state index is 0. The number of morpholine rings is 1. The molecule has 7 heteroatoms. The summed E-state index contributed by atoms with van der Waals surface area (Å²) in [7, 11) is 0. The van der Waals surface area contributed by atoms with Crippen molar-refractivity contribution in [1.29, 1.82) is 0 Å². The summed E-state index contributed by atoms with van der Waals surface area (Å²) < 4.78 is 5.82. The normalized spacial score (nSPS) is 26.2. The summed E-state index contributed by atoms with van der Waals surface area (Å²) in [5.41, 5.74) is 2.00. The number of piperidine rings is 1. The molecule has 1 amide bonds. The number of para-hydroxylation sites is 2. The van der Waals surface area contributed by atoms with Gasteiger partial charge in [-0.15, -0.1) is 24.8 Å². The molecular formula is C18H29Cl2N3O2. The molecule has 3 unspecified atom stereocenters. The van der Waals surface area contributed by atoms with E-state index in [4.69, 9.17) is 4.74 Å². The molecule has 142 valence electrons. The van der Waals surface area contributed by atoms with E-state index in [-0.39, 0.29) is 48.8 Å². The fourth-order valence-electron chi connectivity index (χ4n) is 3.54. The molecule has 2 heterocycles. The van der Waals surface area contributed by atoms with Crippen molar-refractivity contribution in [3.63, 3.8) is 0 Å². The zero-order valence-electron chi connectivity index (χ0n) is 14.9. The quantitative estimate of drug-likeness (QED) is 0.833. The summed E-state index contributed by atoms with van der Waals surface area (Å²) in [5, 5.41) is 6.45. The average molecular weight is 390 g/mol. The Kier molecular flexibility index (Phi) is 9.00. The third kappa shape index (κ3) is 5.74. The molecule has 0 spiro atoms. The Hall–Kier alpha value is -1.01. The molecule has 1 aromatic rings. The van der Waals surface area contributed by atoms with Gasteiger partial charge in [0, 0.05) is 19.6 Å². The number of halogens is 2. The van der Waals surface area contributed by atoms with E-state index in [1.807, 2.05) is 18.2 Å². The highest BCUT2D eigenvalue weighted by Gasteiger charge is 2.26. The third-order valence-corrected chi connectivity index (χ3v) is 4.59. The van der Waals surface area contributed by atoms with Crippen molar-refractivity contribution in [2.75, 3.05) is 36.4 Å². The second-order valence-corrected chi connectivity index (χ2v) is 6.71. The molecule has 0 saturated carbocycles. The first-order chi connectivity index (χ1) is 11.1. The molecule has 0 aliphatic carbocycles. The first-order valence-corrected chi connectivity index (χ1v) is 8.64. The number of anilines is 2. The van der Waals surface area contributed by atoms with Crippen molar-refractivity contribution >= 4 is 42.1 Å². The van der Waals surface area contributed by atoms with Crippen LogP contribution in [-0.4, -0.2) is 44.3 Å². The molecule has 0 aromatic heterocycles. The van der Waals surface area contributed by atoms with Crippen LogP contribution in [0.5, 0.6) is 0 Å². The number of nitrogens with one attached hydrogen (secondary N) is 2. The van der Waals surface area contributed by atoms with Crippen molar-refractivity contribution in [2.24, 2.45) is 5.92 Å². The summed E-state index contributed by atoms with van der Waals surface area (Å²) in [6.07, 6.45) is 2.43. The number of hydrogen-bond acceptors (Lipinski definition) is 4. The van der Waals surface area contributed by atoms with E-state index in [2.05, 4.69) is 35.4 Å². The van der Waals surface area contributed by atoms with Gasteiger partial charge in [-0.2, -0.15) is 0 Å². The van der Waals surface area contributed by atoms with E-state index in [1.165, 1.54) is 0 Å². The Morgan fingerprint density at radius 3 is 2.52 bits per heavy atom. The average Bonchev–Trinajstić information content (AvgIpc) is 2.55. The van der Waals surface area contributed by atoms with E-state index in [9.17, 15) is 4.79 Å². The van der Waals surface area contributed by atoms with Gasteiger partial charge in [-0.05, 0) is 45.4 Å². The van der Waals surface area contributed by atoms with E-state index >= 15 is 0 Å². The van der Waals surface area contributed by atoms with Crippen molar-refractivity contribution in [3.8, 4) is 0 Å². The lowest BCUT2D eigenvalue weighted by Gasteiger charge is -2.37. The fraction of sp³-hybridized carbons (Fsp3) is 0.611. The topological polar surface area (TPSA) is 53.6 Å². The summed E-state index contributed by atoms with van der Waals surface area (Å²) in [5.74, 6) is 0.193. The van der Waals surface area contributed by atoms with Gasteiger partial charge in [-0.25, -0.2) is 0 Å². The van der Waals surface area contributed by atoms with E-state index in [0.717, 1.165) is 50.4 Å². The monoisotopic (exact) mass is 389 g/mol. The van der Waals surface area contributed by atoms with Crippen LogP contribution in [0.3, 0.4) is 0 Å². The van der Waals surface area contributed by atoms with Crippen LogP contribution in [0, 0.1) is 5.92 Å².